The van der Waals surface area contributed by atoms with Gasteiger partial charge in [0.2, 0.25) is 0 Å². The molecule has 0 aliphatic carbocycles. The molecule has 0 unspecified atom stereocenters. The second-order valence-electron chi connectivity index (χ2n) is 4.58. The molecule has 0 aliphatic rings. The molecule has 0 amide bonds. The van der Waals surface area contributed by atoms with E-state index >= 15 is 0 Å². The van der Waals surface area contributed by atoms with Crippen LogP contribution in [-0.2, 0) is 19.5 Å². The van der Waals surface area contributed by atoms with E-state index in [2.05, 4.69) is 51.3 Å². The van der Waals surface area contributed by atoms with Crippen molar-refractivity contribution < 1.29 is 19.5 Å². The largest absolute Gasteiger partial charge is 2.00 e. The molecular formula is C16H36N2Zn. The summed E-state index contributed by atoms with van der Waals surface area (Å²) in [7, 11) is 0. The molecule has 0 rings (SSSR count). The average Bonchev–Trinajstić information content (AvgIpc) is 2.39. The summed E-state index contributed by atoms with van der Waals surface area (Å²) in [6.45, 7) is 23.6. The molecule has 0 atom stereocenters. The van der Waals surface area contributed by atoms with Crippen LogP contribution >= 0.6 is 0 Å². The van der Waals surface area contributed by atoms with E-state index < -0.39 is 0 Å². The van der Waals surface area contributed by atoms with Gasteiger partial charge in [0.15, 0.2) is 0 Å². The van der Waals surface area contributed by atoms with Crippen LogP contribution in [0.25, 0.3) is 0 Å². The Morgan fingerprint density at radius 2 is 0.947 bits per heavy atom. The number of rotatable bonds is 10. The van der Waals surface area contributed by atoms with Crippen molar-refractivity contribution in [3.63, 3.8) is 0 Å². The molecule has 0 saturated heterocycles. The summed E-state index contributed by atoms with van der Waals surface area (Å²) in [6.07, 6.45) is 4.59. The van der Waals surface area contributed by atoms with Crippen LogP contribution in [0.2, 0.25) is 0 Å². The Morgan fingerprint density at radius 3 is 1.11 bits per heavy atom. The van der Waals surface area contributed by atoms with Gasteiger partial charge >= 0.3 is 19.5 Å². The quantitative estimate of drug-likeness (QED) is 0.445. The van der Waals surface area contributed by atoms with Gasteiger partial charge in [-0.1, -0.05) is 27.7 Å². The van der Waals surface area contributed by atoms with Gasteiger partial charge in [-0.3, -0.25) is 0 Å². The van der Waals surface area contributed by atoms with E-state index in [9.17, 15) is 0 Å². The van der Waals surface area contributed by atoms with E-state index in [4.69, 9.17) is 0 Å². The van der Waals surface area contributed by atoms with Gasteiger partial charge in [0, 0.05) is 0 Å². The van der Waals surface area contributed by atoms with E-state index in [1.165, 1.54) is 39.0 Å². The summed E-state index contributed by atoms with van der Waals surface area (Å²) in [5.41, 5.74) is 0. The molecule has 0 N–H and O–H groups in total. The van der Waals surface area contributed by atoms with E-state index in [1.807, 2.05) is 0 Å². The van der Waals surface area contributed by atoms with Gasteiger partial charge in [-0.25, -0.2) is 0 Å². The molecule has 0 aromatic carbocycles. The second-order valence-corrected chi connectivity index (χ2v) is 4.58. The Bertz CT molecular complexity index is 115. The predicted octanol–water partition coefficient (Wildman–Crippen LogP) is 3.88. The van der Waals surface area contributed by atoms with Crippen molar-refractivity contribution in [1.29, 1.82) is 0 Å². The van der Waals surface area contributed by atoms with Crippen molar-refractivity contribution in [2.24, 2.45) is 0 Å². The normalized spacial score (nSPS) is 10.1. The molecule has 0 aliphatic heterocycles. The minimum absolute atomic E-state index is 0. The fourth-order valence-electron chi connectivity index (χ4n) is 1.94. The van der Waals surface area contributed by atoms with E-state index in [1.54, 1.807) is 0 Å². The Kier molecular flexibility index (Phi) is 26.9. The molecule has 0 aromatic heterocycles. The molecule has 0 radical (unpaired) electrons. The smallest absolute Gasteiger partial charge is 0.342 e. The van der Waals surface area contributed by atoms with Crippen molar-refractivity contribution in [3.8, 4) is 0 Å². The number of nitrogens with zero attached hydrogens (tertiary/aromatic N) is 2. The first kappa shape index (κ1) is 24.6. The van der Waals surface area contributed by atoms with Crippen molar-refractivity contribution >= 4 is 0 Å². The zero-order valence-electron chi connectivity index (χ0n) is 14.1. The van der Waals surface area contributed by atoms with Crippen LogP contribution in [0, 0.1) is 13.8 Å². The zero-order valence-corrected chi connectivity index (χ0v) is 17.1. The molecule has 3 heteroatoms. The Balaban J connectivity index is -0.000000256. The fourth-order valence-corrected chi connectivity index (χ4v) is 1.94. The molecular weight excluding hydrogens is 286 g/mol. The molecule has 112 valence electrons. The topological polar surface area (TPSA) is 6.48 Å². The Morgan fingerprint density at radius 1 is 0.632 bits per heavy atom. The third kappa shape index (κ3) is 18.5. The summed E-state index contributed by atoms with van der Waals surface area (Å²) < 4.78 is 0. The molecule has 2 nitrogen and oxygen atoms in total. The van der Waals surface area contributed by atoms with Crippen molar-refractivity contribution in [1.82, 2.24) is 9.80 Å². The van der Waals surface area contributed by atoms with Gasteiger partial charge in [0.05, 0.1) is 0 Å². The standard InChI is InChI=1S/2C8H18N.Zn/c2*1-4-7-9(6-3)8-5-2;/h2*1,4-8H2,2-3H3;/q2*-1;+2. The molecule has 0 aromatic rings. The van der Waals surface area contributed by atoms with Crippen LogP contribution in [0.3, 0.4) is 0 Å². The zero-order chi connectivity index (χ0) is 14.2. The molecule has 0 heterocycles. The minimum Gasteiger partial charge on any atom is -0.342 e. The molecule has 0 bridgehead atoms. The summed E-state index contributed by atoms with van der Waals surface area (Å²) in [5.74, 6) is 0. The number of hydrogen-bond donors (Lipinski definition) is 0. The summed E-state index contributed by atoms with van der Waals surface area (Å²) in [6, 6.07) is 0. The first-order valence-electron chi connectivity index (χ1n) is 7.73. The SMILES string of the molecule is [CH2-]CCN(CC)CCC.[CH2-]CCN(CC)CCC.[Zn+2]. The first-order chi connectivity index (χ1) is 8.69. The van der Waals surface area contributed by atoms with Gasteiger partial charge in [-0.2, -0.15) is 12.8 Å². The summed E-state index contributed by atoms with van der Waals surface area (Å²) >= 11 is 0. The molecule has 0 saturated carbocycles. The van der Waals surface area contributed by atoms with Crippen molar-refractivity contribution in [2.75, 3.05) is 39.3 Å². The van der Waals surface area contributed by atoms with Gasteiger partial charge < -0.3 is 23.6 Å². The maximum atomic E-state index is 3.81. The van der Waals surface area contributed by atoms with Crippen LogP contribution in [0.5, 0.6) is 0 Å². The molecule has 0 fully saturated rings. The first-order valence-corrected chi connectivity index (χ1v) is 7.73. The average molecular weight is 322 g/mol. The maximum Gasteiger partial charge on any atom is 2.00 e. The van der Waals surface area contributed by atoms with Gasteiger partial charge in [0.25, 0.3) is 0 Å². The third-order valence-corrected chi connectivity index (χ3v) is 2.92. The van der Waals surface area contributed by atoms with Crippen molar-refractivity contribution in [3.05, 3.63) is 13.8 Å². The van der Waals surface area contributed by atoms with Crippen LogP contribution < -0.4 is 0 Å². The summed E-state index contributed by atoms with van der Waals surface area (Å²) in [4.78, 5) is 4.85. The maximum absolute atomic E-state index is 3.81. The third-order valence-electron chi connectivity index (χ3n) is 2.92. The Labute approximate surface area is 136 Å². The molecule has 19 heavy (non-hydrogen) atoms. The minimum atomic E-state index is 0. The van der Waals surface area contributed by atoms with E-state index in [0.717, 1.165) is 25.9 Å². The monoisotopic (exact) mass is 320 g/mol. The van der Waals surface area contributed by atoms with Crippen LogP contribution in [-0.4, -0.2) is 49.1 Å². The van der Waals surface area contributed by atoms with E-state index in [-0.39, 0.29) is 19.5 Å². The van der Waals surface area contributed by atoms with E-state index in [0.29, 0.717) is 0 Å². The molecule has 0 spiro atoms. The van der Waals surface area contributed by atoms with Gasteiger partial charge in [-0.15, -0.1) is 0 Å². The fraction of sp³-hybridized carbons (Fsp3) is 0.875. The Hall–Kier alpha value is 0.543. The summed E-state index contributed by atoms with van der Waals surface area (Å²) in [5, 5.41) is 0. The number of hydrogen-bond acceptors (Lipinski definition) is 2. The van der Waals surface area contributed by atoms with Crippen molar-refractivity contribution in [2.45, 2.75) is 53.4 Å². The van der Waals surface area contributed by atoms with Gasteiger partial charge in [-0.05, 0) is 52.1 Å². The van der Waals surface area contributed by atoms with Crippen LogP contribution in [0.1, 0.15) is 53.4 Å². The van der Waals surface area contributed by atoms with Crippen LogP contribution in [0.4, 0.5) is 0 Å². The second kappa shape index (κ2) is 20.9. The van der Waals surface area contributed by atoms with Crippen LogP contribution in [0.15, 0.2) is 0 Å². The van der Waals surface area contributed by atoms with Gasteiger partial charge in [0.1, 0.15) is 0 Å². The predicted molar refractivity (Wildman–Crippen MR) is 84.8 cm³/mol.